The molecule has 2 aromatic heterocycles. The number of thiophene rings is 1. The molecule has 25 heavy (non-hydrogen) atoms. The molecule has 6 nitrogen and oxygen atoms in total. The maximum Gasteiger partial charge on any atom is 0.276 e. The summed E-state index contributed by atoms with van der Waals surface area (Å²) in [5.74, 6) is -0.457. The van der Waals surface area contributed by atoms with E-state index in [9.17, 15) is 9.59 Å². The van der Waals surface area contributed by atoms with E-state index in [2.05, 4.69) is 21.5 Å². The van der Waals surface area contributed by atoms with Crippen LogP contribution in [0.5, 0.6) is 0 Å². The van der Waals surface area contributed by atoms with Crippen molar-refractivity contribution in [3.8, 4) is 0 Å². The minimum atomic E-state index is -0.687. The van der Waals surface area contributed by atoms with E-state index in [4.69, 9.17) is 0 Å². The number of carbonyl (C=O) groups excluding carboxylic acids is 2. The van der Waals surface area contributed by atoms with Gasteiger partial charge < -0.3 is 10.2 Å². The van der Waals surface area contributed by atoms with E-state index in [0.717, 1.165) is 42.1 Å². The SMILES string of the molecule is C=CCN(C(=O)c1csnn1)[C@H](C(=O)NC1CCCC1)c1cccs1. The van der Waals surface area contributed by atoms with Crippen molar-refractivity contribution in [1.82, 2.24) is 19.8 Å². The largest absolute Gasteiger partial charge is 0.351 e. The molecule has 132 valence electrons. The second-order valence-corrected chi connectivity index (χ2v) is 7.53. The van der Waals surface area contributed by atoms with Crippen LogP contribution < -0.4 is 5.32 Å². The molecule has 1 aliphatic rings. The molecule has 0 unspecified atom stereocenters. The Kier molecular flexibility index (Phi) is 5.93. The van der Waals surface area contributed by atoms with Crippen LogP contribution in [0.15, 0.2) is 35.5 Å². The van der Waals surface area contributed by atoms with Crippen LogP contribution in [0, 0.1) is 0 Å². The highest BCUT2D eigenvalue weighted by atomic mass is 32.1. The van der Waals surface area contributed by atoms with Crippen molar-refractivity contribution in [2.75, 3.05) is 6.54 Å². The van der Waals surface area contributed by atoms with Crippen molar-refractivity contribution >= 4 is 34.7 Å². The van der Waals surface area contributed by atoms with Crippen LogP contribution >= 0.6 is 22.9 Å². The van der Waals surface area contributed by atoms with Gasteiger partial charge in [0, 0.05) is 22.8 Å². The molecule has 0 spiro atoms. The highest BCUT2D eigenvalue weighted by Crippen LogP contribution is 2.28. The van der Waals surface area contributed by atoms with Crippen LogP contribution in [0.1, 0.15) is 47.1 Å². The van der Waals surface area contributed by atoms with Crippen LogP contribution in [0.25, 0.3) is 0 Å². The van der Waals surface area contributed by atoms with Crippen molar-refractivity contribution in [2.45, 2.75) is 37.8 Å². The first-order chi connectivity index (χ1) is 12.2. The molecule has 0 radical (unpaired) electrons. The van der Waals surface area contributed by atoms with Gasteiger partial charge in [-0.2, -0.15) is 0 Å². The Hall–Kier alpha value is -2.06. The molecular weight excluding hydrogens is 356 g/mol. The summed E-state index contributed by atoms with van der Waals surface area (Å²) < 4.78 is 3.76. The molecule has 1 saturated carbocycles. The van der Waals surface area contributed by atoms with Crippen LogP contribution in [0.2, 0.25) is 0 Å². The topological polar surface area (TPSA) is 75.2 Å². The Balaban J connectivity index is 1.88. The lowest BCUT2D eigenvalue weighted by molar-refractivity contribution is -0.126. The van der Waals surface area contributed by atoms with Gasteiger partial charge in [0.2, 0.25) is 5.91 Å². The van der Waals surface area contributed by atoms with Crippen molar-refractivity contribution in [1.29, 1.82) is 0 Å². The number of hydrogen-bond donors (Lipinski definition) is 1. The third-order valence-electron chi connectivity index (χ3n) is 4.24. The maximum absolute atomic E-state index is 13.0. The second kappa shape index (κ2) is 8.35. The summed E-state index contributed by atoms with van der Waals surface area (Å²) in [5.41, 5.74) is 0.252. The molecule has 1 N–H and O–H groups in total. The smallest absolute Gasteiger partial charge is 0.276 e. The van der Waals surface area contributed by atoms with E-state index in [1.54, 1.807) is 11.5 Å². The number of aromatic nitrogens is 2. The van der Waals surface area contributed by atoms with Gasteiger partial charge >= 0.3 is 0 Å². The summed E-state index contributed by atoms with van der Waals surface area (Å²) in [6.07, 6.45) is 5.88. The first-order valence-electron chi connectivity index (χ1n) is 8.23. The van der Waals surface area contributed by atoms with E-state index in [1.807, 2.05) is 17.5 Å². The zero-order chi connectivity index (χ0) is 17.6. The third kappa shape index (κ3) is 4.13. The Morgan fingerprint density at radius 1 is 1.44 bits per heavy atom. The predicted molar refractivity (Wildman–Crippen MR) is 98.6 cm³/mol. The number of hydrogen-bond acceptors (Lipinski definition) is 6. The average Bonchev–Trinajstić information content (AvgIpc) is 3.36. The number of carbonyl (C=O) groups is 2. The molecule has 2 aromatic rings. The normalized spacial score (nSPS) is 15.7. The van der Waals surface area contributed by atoms with Gasteiger partial charge in [-0.3, -0.25) is 9.59 Å². The van der Waals surface area contributed by atoms with E-state index < -0.39 is 6.04 Å². The Morgan fingerprint density at radius 3 is 2.84 bits per heavy atom. The summed E-state index contributed by atoms with van der Waals surface area (Å²) in [6.45, 7) is 4.00. The first-order valence-corrected chi connectivity index (χ1v) is 9.95. The van der Waals surface area contributed by atoms with Crippen LogP contribution in [0.3, 0.4) is 0 Å². The van der Waals surface area contributed by atoms with Crippen molar-refractivity contribution in [2.24, 2.45) is 0 Å². The van der Waals surface area contributed by atoms with Crippen molar-refractivity contribution in [3.63, 3.8) is 0 Å². The monoisotopic (exact) mass is 376 g/mol. The fraction of sp³-hybridized carbons (Fsp3) is 0.412. The Morgan fingerprint density at radius 2 is 2.24 bits per heavy atom. The molecule has 3 rings (SSSR count). The quantitative estimate of drug-likeness (QED) is 0.754. The standard InChI is InChI=1S/C17H20N4O2S2/c1-2-9-21(17(23)13-11-25-20-19-13)15(14-8-5-10-24-14)16(22)18-12-6-3-4-7-12/h2,5,8,10-12,15H,1,3-4,6-7,9H2,(H,18,22)/t15-/m0/s1. The maximum atomic E-state index is 13.0. The molecule has 0 aromatic carbocycles. The van der Waals surface area contributed by atoms with Crippen molar-refractivity contribution < 1.29 is 9.59 Å². The summed E-state index contributed by atoms with van der Waals surface area (Å²) in [6, 6.07) is 3.27. The summed E-state index contributed by atoms with van der Waals surface area (Å²) >= 11 is 2.58. The highest BCUT2D eigenvalue weighted by molar-refractivity contribution is 7.10. The minimum absolute atomic E-state index is 0.146. The highest BCUT2D eigenvalue weighted by Gasteiger charge is 2.34. The summed E-state index contributed by atoms with van der Waals surface area (Å²) in [7, 11) is 0. The molecule has 0 aliphatic heterocycles. The van der Waals surface area contributed by atoms with Crippen LogP contribution in [-0.2, 0) is 4.79 Å². The fourth-order valence-corrected chi connectivity index (χ4v) is 4.34. The Bertz CT molecular complexity index is 709. The first kappa shape index (κ1) is 17.8. The zero-order valence-corrected chi connectivity index (χ0v) is 15.4. The van der Waals surface area contributed by atoms with E-state index in [-0.39, 0.29) is 30.1 Å². The molecular formula is C17H20N4O2S2. The Labute approximate surface area is 154 Å². The van der Waals surface area contributed by atoms with Crippen LogP contribution in [0.4, 0.5) is 0 Å². The van der Waals surface area contributed by atoms with E-state index >= 15 is 0 Å². The molecule has 2 heterocycles. The summed E-state index contributed by atoms with van der Waals surface area (Å²) in [5, 5.41) is 10.5. The molecule has 8 heteroatoms. The van der Waals surface area contributed by atoms with Gasteiger partial charge in [-0.15, -0.1) is 23.0 Å². The number of nitrogens with one attached hydrogen (secondary N) is 1. The van der Waals surface area contributed by atoms with Gasteiger partial charge in [0.05, 0.1) is 0 Å². The lowest BCUT2D eigenvalue weighted by atomic mass is 10.1. The number of amides is 2. The van der Waals surface area contributed by atoms with E-state index in [1.165, 1.54) is 16.2 Å². The number of rotatable bonds is 7. The molecule has 0 bridgehead atoms. The minimum Gasteiger partial charge on any atom is -0.351 e. The predicted octanol–water partition coefficient (Wildman–Crippen LogP) is 3.03. The van der Waals surface area contributed by atoms with Gasteiger partial charge in [0.1, 0.15) is 6.04 Å². The lowest BCUT2D eigenvalue weighted by Crippen LogP contribution is -2.46. The van der Waals surface area contributed by atoms with Crippen molar-refractivity contribution in [3.05, 3.63) is 46.1 Å². The zero-order valence-electron chi connectivity index (χ0n) is 13.8. The van der Waals surface area contributed by atoms with Crippen LogP contribution in [-0.4, -0.2) is 38.9 Å². The average molecular weight is 377 g/mol. The third-order valence-corrected chi connectivity index (χ3v) is 5.67. The fourth-order valence-electron chi connectivity index (χ4n) is 3.07. The lowest BCUT2D eigenvalue weighted by Gasteiger charge is -2.29. The molecule has 1 atom stereocenters. The van der Waals surface area contributed by atoms with E-state index in [0.29, 0.717) is 0 Å². The summed E-state index contributed by atoms with van der Waals surface area (Å²) in [4.78, 5) is 28.2. The van der Waals surface area contributed by atoms with Gasteiger partial charge in [-0.05, 0) is 35.8 Å². The molecule has 2 amide bonds. The molecule has 1 fully saturated rings. The van der Waals surface area contributed by atoms with Gasteiger partial charge in [-0.25, -0.2) is 0 Å². The molecule has 1 aliphatic carbocycles. The number of nitrogens with zero attached hydrogens (tertiary/aromatic N) is 3. The van der Waals surface area contributed by atoms with Gasteiger partial charge in [0.25, 0.3) is 5.91 Å². The second-order valence-electron chi connectivity index (χ2n) is 5.94. The van der Waals surface area contributed by atoms with Gasteiger partial charge in [-0.1, -0.05) is 29.5 Å². The van der Waals surface area contributed by atoms with Gasteiger partial charge in [0.15, 0.2) is 5.69 Å². The molecule has 0 saturated heterocycles.